The highest BCUT2D eigenvalue weighted by Gasteiger charge is 2.73. The number of anilines is 1. The van der Waals surface area contributed by atoms with Crippen LogP contribution in [0, 0.1) is 18.8 Å². The van der Waals surface area contributed by atoms with Gasteiger partial charge >= 0.3 is 0 Å². The molecule has 7 nitrogen and oxygen atoms in total. The van der Waals surface area contributed by atoms with Crippen molar-refractivity contribution in [3.63, 3.8) is 0 Å². The van der Waals surface area contributed by atoms with Gasteiger partial charge < -0.3 is 20.3 Å². The summed E-state index contributed by atoms with van der Waals surface area (Å²) < 4.78 is 6.40. The third-order valence-corrected chi connectivity index (χ3v) is 8.35. The maximum Gasteiger partial charge on any atom is 0.246 e. The molecule has 0 radical (unpaired) electrons. The van der Waals surface area contributed by atoms with Gasteiger partial charge in [-0.15, -0.1) is 0 Å². The van der Waals surface area contributed by atoms with Crippen LogP contribution in [0.15, 0.2) is 30.4 Å². The molecular weight excluding hydrogens is 466 g/mol. The fourth-order valence-electron chi connectivity index (χ4n) is 6.31. The molecule has 5 rings (SSSR count). The van der Waals surface area contributed by atoms with Gasteiger partial charge in [-0.05, 0) is 58.2 Å². The first kappa shape index (κ1) is 24.3. The number of aryl methyl sites for hydroxylation is 1. The molecule has 8 heteroatoms. The van der Waals surface area contributed by atoms with Gasteiger partial charge in [-0.3, -0.25) is 14.4 Å². The maximum absolute atomic E-state index is 13.9. The van der Waals surface area contributed by atoms with E-state index >= 15 is 0 Å². The lowest BCUT2D eigenvalue weighted by Gasteiger charge is -2.40. The highest BCUT2D eigenvalue weighted by molar-refractivity contribution is 6.31. The van der Waals surface area contributed by atoms with Crippen LogP contribution < -0.4 is 10.6 Å². The van der Waals surface area contributed by atoms with Crippen LogP contribution in [0.4, 0.5) is 5.69 Å². The first-order valence-electron chi connectivity index (χ1n) is 12.6. The average molecular weight is 500 g/mol. The zero-order chi connectivity index (χ0) is 25.1. The van der Waals surface area contributed by atoms with Gasteiger partial charge in [-0.1, -0.05) is 49.1 Å². The molecule has 1 aromatic carbocycles. The van der Waals surface area contributed by atoms with E-state index in [1.165, 1.54) is 6.42 Å². The van der Waals surface area contributed by atoms with E-state index in [0.29, 0.717) is 10.7 Å². The summed E-state index contributed by atoms with van der Waals surface area (Å²) in [5, 5.41) is 6.68. The van der Waals surface area contributed by atoms with Crippen LogP contribution in [0.2, 0.25) is 5.02 Å². The van der Waals surface area contributed by atoms with E-state index in [0.717, 1.165) is 31.2 Å². The molecule has 2 N–H and O–H groups in total. The SMILES string of the molecule is Cc1ccc(NC(=O)C2[C@H]3C=CC4(O3)C(C(=O)NC3CCCCC3)N(C(C)(C)C)C(=O)[C@@H]24)cc1Cl. The van der Waals surface area contributed by atoms with Gasteiger partial charge in [0.05, 0.1) is 17.9 Å². The Morgan fingerprint density at radius 2 is 1.86 bits per heavy atom. The predicted octanol–water partition coefficient (Wildman–Crippen LogP) is 3.98. The van der Waals surface area contributed by atoms with E-state index in [2.05, 4.69) is 10.6 Å². The van der Waals surface area contributed by atoms with E-state index in [4.69, 9.17) is 16.3 Å². The first-order chi connectivity index (χ1) is 16.5. The Balaban J connectivity index is 1.46. The second kappa shape index (κ2) is 8.63. The Hall–Kier alpha value is -2.38. The largest absolute Gasteiger partial charge is 0.359 e. The molecule has 1 spiro atoms. The minimum absolute atomic E-state index is 0.108. The summed E-state index contributed by atoms with van der Waals surface area (Å²) in [7, 11) is 0. The number of hydrogen-bond acceptors (Lipinski definition) is 4. The molecule has 35 heavy (non-hydrogen) atoms. The summed E-state index contributed by atoms with van der Waals surface area (Å²) in [5.41, 5.74) is -0.295. The summed E-state index contributed by atoms with van der Waals surface area (Å²) >= 11 is 6.24. The van der Waals surface area contributed by atoms with Crippen LogP contribution >= 0.6 is 11.6 Å². The van der Waals surface area contributed by atoms with Crippen LogP contribution in [0.1, 0.15) is 58.4 Å². The van der Waals surface area contributed by atoms with Crippen molar-refractivity contribution >= 4 is 35.0 Å². The van der Waals surface area contributed by atoms with Crippen molar-refractivity contribution < 1.29 is 19.1 Å². The van der Waals surface area contributed by atoms with Gasteiger partial charge in [0.1, 0.15) is 11.6 Å². The molecule has 1 aliphatic carbocycles. The monoisotopic (exact) mass is 499 g/mol. The van der Waals surface area contributed by atoms with Crippen LogP contribution in [0.25, 0.3) is 0 Å². The fraction of sp³-hybridized carbons (Fsp3) is 0.593. The van der Waals surface area contributed by atoms with Crippen LogP contribution in [0.3, 0.4) is 0 Å². The number of likely N-dealkylation sites (tertiary alicyclic amines) is 1. The van der Waals surface area contributed by atoms with Gasteiger partial charge in [-0.25, -0.2) is 0 Å². The summed E-state index contributed by atoms with van der Waals surface area (Å²) in [4.78, 5) is 42.8. The van der Waals surface area contributed by atoms with Crippen molar-refractivity contribution in [3.05, 3.63) is 40.9 Å². The number of hydrogen-bond donors (Lipinski definition) is 2. The third kappa shape index (κ3) is 3.97. The van der Waals surface area contributed by atoms with Gasteiger partial charge in [0.15, 0.2) is 0 Å². The summed E-state index contributed by atoms with van der Waals surface area (Å²) in [6.07, 6.45) is 8.39. The van der Waals surface area contributed by atoms with Crippen molar-refractivity contribution in [2.45, 2.75) is 89.1 Å². The number of carbonyl (C=O) groups is 3. The normalized spacial score (nSPS) is 32.1. The second-order valence-electron chi connectivity index (χ2n) is 11.4. The van der Waals surface area contributed by atoms with Crippen LogP contribution in [0.5, 0.6) is 0 Å². The van der Waals surface area contributed by atoms with Crippen molar-refractivity contribution in [2.24, 2.45) is 11.8 Å². The van der Waals surface area contributed by atoms with E-state index < -0.39 is 35.1 Å². The molecule has 1 aromatic rings. The minimum atomic E-state index is -1.15. The first-order valence-corrected chi connectivity index (χ1v) is 13.0. The van der Waals surface area contributed by atoms with Crippen molar-refractivity contribution in [3.8, 4) is 0 Å². The predicted molar refractivity (Wildman–Crippen MR) is 134 cm³/mol. The zero-order valence-corrected chi connectivity index (χ0v) is 21.5. The molecule has 188 valence electrons. The Morgan fingerprint density at radius 3 is 2.51 bits per heavy atom. The molecule has 5 atom stereocenters. The lowest BCUT2D eigenvalue weighted by molar-refractivity contribution is -0.146. The number of ether oxygens (including phenoxy) is 1. The highest BCUT2D eigenvalue weighted by Crippen LogP contribution is 2.56. The Morgan fingerprint density at radius 1 is 1.14 bits per heavy atom. The van der Waals surface area contributed by atoms with Crippen LogP contribution in [-0.2, 0) is 19.1 Å². The van der Waals surface area contributed by atoms with Crippen molar-refractivity contribution in [1.29, 1.82) is 0 Å². The molecule has 3 amide bonds. The topological polar surface area (TPSA) is 87.7 Å². The molecule has 0 aromatic heterocycles. The summed E-state index contributed by atoms with van der Waals surface area (Å²) in [6, 6.07) is 4.61. The van der Waals surface area contributed by atoms with Gasteiger partial charge in [0.25, 0.3) is 0 Å². The minimum Gasteiger partial charge on any atom is -0.359 e. The lowest BCUT2D eigenvalue weighted by atomic mass is 9.74. The fourth-order valence-corrected chi connectivity index (χ4v) is 6.50. The van der Waals surface area contributed by atoms with Crippen molar-refractivity contribution in [2.75, 3.05) is 5.32 Å². The number of halogens is 1. The van der Waals surface area contributed by atoms with Gasteiger partial charge in [0.2, 0.25) is 17.7 Å². The molecule has 2 saturated heterocycles. The van der Waals surface area contributed by atoms with Gasteiger partial charge in [0, 0.05) is 22.3 Å². The van der Waals surface area contributed by atoms with E-state index in [-0.39, 0.29) is 23.8 Å². The maximum atomic E-state index is 13.9. The Kier molecular flexibility index (Phi) is 5.99. The molecule has 3 fully saturated rings. The summed E-state index contributed by atoms with van der Waals surface area (Å²) in [5.74, 6) is -2.21. The van der Waals surface area contributed by atoms with E-state index in [1.807, 2.05) is 45.9 Å². The van der Waals surface area contributed by atoms with E-state index in [1.54, 1.807) is 17.0 Å². The molecule has 3 heterocycles. The third-order valence-electron chi connectivity index (χ3n) is 7.94. The van der Waals surface area contributed by atoms with E-state index in [9.17, 15) is 14.4 Å². The number of benzene rings is 1. The lowest BCUT2D eigenvalue weighted by Crippen LogP contribution is -2.60. The number of fused-ring (bicyclic) bond motifs is 1. The molecule has 3 unspecified atom stereocenters. The molecule has 3 aliphatic heterocycles. The summed E-state index contributed by atoms with van der Waals surface area (Å²) in [6.45, 7) is 7.65. The number of nitrogens with zero attached hydrogens (tertiary/aromatic N) is 1. The number of carbonyl (C=O) groups excluding carboxylic acids is 3. The molecule has 4 aliphatic rings. The highest BCUT2D eigenvalue weighted by atomic mass is 35.5. The molecule has 2 bridgehead atoms. The quantitative estimate of drug-likeness (QED) is 0.613. The van der Waals surface area contributed by atoms with Gasteiger partial charge in [-0.2, -0.15) is 0 Å². The number of nitrogens with one attached hydrogen (secondary N) is 2. The Bertz CT molecular complexity index is 1090. The number of rotatable bonds is 4. The second-order valence-corrected chi connectivity index (χ2v) is 11.8. The molecular formula is C27H34ClN3O4. The standard InChI is InChI=1S/C27H34ClN3O4/c1-15-10-11-17(14-18(15)28)30-23(32)20-19-12-13-27(35-19)21(20)25(34)31(26(2,3)4)22(27)24(33)29-16-8-6-5-7-9-16/h10-14,16,19-22H,5-9H2,1-4H3,(H,29,33)(H,30,32)/t19-,20?,21-,22?,27?/m1/s1. The smallest absolute Gasteiger partial charge is 0.246 e. The zero-order valence-electron chi connectivity index (χ0n) is 20.8. The van der Waals surface area contributed by atoms with Crippen molar-refractivity contribution in [1.82, 2.24) is 10.2 Å². The van der Waals surface area contributed by atoms with Crippen LogP contribution in [-0.4, -0.2) is 51.9 Å². The average Bonchev–Trinajstić information content (AvgIpc) is 3.44. The Labute approximate surface area is 211 Å². The number of amides is 3. The molecule has 1 saturated carbocycles.